The normalized spacial score (nSPS) is 0.750. The van der Waals surface area contributed by atoms with Gasteiger partial charge in [0.1, 0.15) is 0 Å². The van der Waals surface area contributed by atoms with Crippen LogP contribution in [0.3, 0.4) is 0 Å². The van der Waals surface area contributed by atoms with Gasteiger partial charge in [0.15, 0.2) is 0 Å². The van der Waals surface area contributed by atoms with Crippen molar-refractivity contribution >= 4 is 88.2 Å². The van der Waals surface area contributed by atoms with Crippen LogP contribution in [0.4, 0.5) is 0 Å². The molecule has 1 nitrogen and oxygen atoms in total. The molecule has 0 aromatic carbocycles. The minimum atomic E-state index is 0. The van der Waals surface area contributed by atoms with Crippen molar-refractivity contribution in [3.8, 4) is 0 Å². The molecule has 0 aliphatic heterocycles. The fraction of sp³-hybridized carbons (Fsp3) is 0. The Labute approximate surface area is 89.8 Å². The molecule has 0 fully saturated rings. The van der Waals surface area contributed by atoms with Crippen molar-refractivity contribution in [2.24, 2.45) is 0 Å². The molecule has 0 spiro atoms. The maximum absolute atomic E-state index is 8.28. The third-order valence-corrected chi connectivity index (χ3v) is 0. The van der Waals surface area contributed by atoms with Crippen molar-refractivity contribution in [3.05, 3.63) is 0 Å². The Balaban J connectivity index is -0.00000000500. The van der Waals surface area contributed by atoms with Gasteiger partial charge in [-0.25, -0.2) is 0 Å². The second-order valence-electron chi connectivity index (χ2n) is 0. The Morgan fingerprint density at radius 1 is 1.25 bits per heavy atom. The second-order valence-corrected chi connectivity index (χ2v) is 0. The van der Waals surface area contributed by atoms with Gasteiger partial charge < -0.3 is 0 Å². The van der Waals surface area contributed by atoms with Crippen LogP contribution in [0.2, 0.25) is 0 Å². The molecule has 0 unspecified atom stereocenters. The van der Waals surface area contributed by atoms with Gasteiger partial charge in [0, 0.05) is 0 Å². The summed E-state index contributed by atoms with van der Waals surface area (Å²) in [5.41, 5.74) is 0. The zero-order valence-electron chi connectivity index (χ0n) is 1.12. The fourth-order valence-electron chi connectivity index (χ4n) is 0. The monoisotopic (exact) mass is 210 g/mol. The van der Waals surface area contributed by atoms with Gasteiger partial charge in [-0.1, -0.05) is 0 Å². The molecule has 4 heteroatoms. The van der Waals surface area contributed by atoms with Gasteiger partial charge in [0.05, 0.1) is 0 Å². The molecule has 0 bridgehead atoms. The molecule has 0 amide bonds. The molecular weight excluding hydrogens is 205 g/mol. The zero-order valence-corrected chi connectivity index (χ0v) is 2.53. The summed E-state index contributed by atoms with van der Waals surface area (Å²) in [6.07, 6.45) is 0. The Bertz CT molecular complexity index is 8.00. The van der Waals surface area contributed by atoms with E-state index in [1.807, 2.05) is 0 Å². The van der Waals surface area contributed by atoms with Crippen LogP contribution in [0.25, 0.3) is 0 Å². The predicted molar refractivity (Wildman–Crippen MR) is 24.9 cm³/mol. The van der Waals surface area contributed by atoms with Crippen molar-refractivity contribution < 1.29 is 3.80 Å². The summed E-state index contributed by atoms with van der Waals surface area (Å²) in [6, 6.07) is 0. The molecular formula is H5AlBaMgO. The molecule has 0 aliphatic rings. The Kier molecular flexibility index (Phi) is 69.0. The van der Waals surface area contributed by atoms with Crippen molar-refractivity contribution in [2.75, 3.05) is 0 Å². The van der Waals surface area contributed by atoms with Gasteiger partial charge in [0.2, 0.25) is 0 Å². The van der Waals surface area contributed by atoms with E-state index in [1.165, 1.54) is 0 Å². The van der Waals surface area contributed by atoms with E-state index >= 15 is 0 Å². The summed E-state index contributed by atoms with van der Waals surface area (Å²) in [5, 5.41) is 0. The molecule has 0 aromatic rings. The van der Waals surface area contributed by atoms with E-state index in [9.17, 15) is 0 Å². The Hall–Kier alpha value is 2.67. The molecule has 0 saturated carbocycles. The summed E-state index contributed by atoms with van der Waals surface area (Å²) in [6.45, 7) is 0. The van der Waals surface area contributed by atoms with Crippen LogP contribution >= 0.6 is 0 Å². The number of hydrogen-bond donors (Lipinski definition) is 0. The van der Waals surface area contributed by atoms with Crippen LogP contribution in [0.15, 0.2) is 0 Å². The van der Waals surface area contributed by atoms with Crippen LogP contribution in [-0.4, -0.2) is 88.2 Å². The van der Waals surface area contributed by atoms with Gasteiger partial charge in [-0.15, -0.1) is 0 Å². The van der Waals surface area contributed by atoms with E-state index in [0.717, 1.165) is 0 Å². The first-order valence-corrected chi connectivity index (χ1v) is 0.866. The maximum atomic E-state index is 8.28. The van der Waals surface area contributed by atoms with Gasteiger partial charge in [-0.3, -0.25) is 0 Å². The van der Waals surface area contributed by atoms with Crippen molar-refractivity contribution in [2.45, 2.75) is 0 Å². The summed E-state index contributed by atoms with van der Waals surface area (Å²) in [5.74, 6) is 0. The average molecular weight is 210 g/mol. The van der Waals surface area contributed by atoms with E-state index < -0.39 is 0 Å². The SMILES string of the molecule is [BaH2].[MgH2].[O]=[AlH]. The second kappa shape index (κ2) is 17.3. The van der Waals surface area contributed by atoms with Gasteiger partial charge in [-0.2, -0.15) is 0 Å². The molecule has 0 heterocycles. The summed E-state index contributed by atoms with van der Waals surface area (Å²) >= 11 is 0.611. The molecule has 0 aliphatic carbocycles. The van der Waals surface area contributed by atoms with Crippen LogP contribution < -0.4 is 0 Å². The zero-order chi connectivity index (χ0) is 2.00. The molecule has 0 rings (SSSR count). The minimum absolute atomic E-state index is 0. The molecule has 4 heavy (non-hydrogen) atoms. The third kappa shape index (κ3) is 8.82. The van der Waals surface area contributed by atoms with Crippen LogP contribution in [-0.2, 0) is 3.80 Å². The standard InChI is InChI=1S/Al.Ba.Mg.O.5H. The average Bonchev–Trinajstić information content (AvgIpc) is 1.00. The first kappa shape index (κ1) is 15.9. The Morgan fingerprint density at radius 2 is 1.25 bits per heavy atom. The molecule has 0 aromatic heterocycles. The summed E-state index contributed by atoms with van der Waals surface area (Å²) in [7, 11) is 0. The van der Waals surface area contributed by atoms with E-state index in [2.05, 4.69) is 0 Å². The van der Waals surface area contributed by atoms with Gasteiger partial charge in [0.25, 0.3) is 0 Å². The molecule has 0 saturated heterocycles. The molecule has 18 valence electrons. The van der Waals surface area contributed by atoms with Crippen molar-refractivity contribution in [1.29, 1.82) is 0 Å². The van der Waals surface area contributed by atoms with Gasteiger partial charge in [-0.05, 0) is 0 Å². The third-order valence-electron chi connectivity index (χ3n) is 0. The van der Waals surface area contributed by atoms with Crippen LogP contribution in [0, 0.1) is 0 Å². The van der Waals surface area contributed by atoms with E-state index in [1.54, 1.807) is 0 Å². The molecule has 0 radical (unpaired) electrons. The first-order valence-electron chi connectivity index (χ1n) is 0.289. The summed E-state index contributed by atoms with van der Waals surface area (Å²) in [4.78, 5) is 0. The topological polar surface area (TPSA) is 17.1 Å². The van der Waals surface area contributed by atoms with Crippen LogP contribution in [0.5, 0.6) is 0 Å². The molecule has 0 N–H and O–H groups in total. The van der Waals surface area contributed by atoms with Crippen molar-refractivity contribution in [3.63, 3.8) is 0 Å². The van der Waals surface area contributed by atoms with E-state index in [0.29, 0.717) is 16.2 Å². The van der Waals surface area contributed by atoms with Crippen molar-refractivity contribution in [1.82, 2.24) is 0 Å². The molecule has 0 atom stereocenters. The Morgan fingerprint density at radius 3 is 1.25 bits per heavy atom. The van der Waals surface area contributed by atoms with E-state index in [4.69, 9.17) is 3.80 Å². The van der Waals surface area contributed by atoms with Crippen LogP contribution in [0.1, 0.15) is 0 Å². The summed E-state index contributed by atoms with van der Waals surface area (Å²) < 4.78 is 8.28. The first-order chi connectivity index (χ1) is 1.00. The number of hydrogen-bond acceptors (Lipinski definition) is 1. The predicted octanol–water partition coefficient (Wildman–Crippen LogP) is -2.60. The van der Waals surface area contributed by atoms with E-state index in [-0.39, 0.29) is 71.9 Å². The number of rotatable bonds is 0. The quantitative estimate of drug-likeness (QED) is 0.400. The fourth-order valence-corrected chi connectivity index (χ4v) is 0. The van der Waals surface area contributed by atoms with Gasteiger partial charge >= 0.3 is 92.0 Å².